The number of thiophene rings is 1. The molecule has 0 aliphatic heterocycles. The van der Waals surface area contributed by atoms with E-state index in [4.69, 9.17) is 0 Å². The normalized spacial score (nSPS) is 11.3. The molecular weight excluding hydrogens is 278 g/mol. The van der Waals surface area contributed by atoms with E-state index in [-0.39, 0.29) is 5.91 Å². The highest BCUT2D eigenvalue weighted by Gasteiger charge is 2.16. The van der Waals surface area contributed by atoms with Gasteiger partial charge in [0.2, 0.25) is 0 Å². The van der Waals surface area contributed by atoms with Gasteiger partial charge in [-0.1, -0.05) is 42.5 Å². The van der Waals surface area contributed by atoms with Gasteiger partial charge in [-0.15, -0.1) is 11.3 Å². The van der Waals surface area contributed by atoms with Crippen LogP contribution in [0, 0.1) is 0 Å². The van der Waals surface area contributed by atoms with Crippen molar-refractivity contribution in [2.24, 2.45) is 0 Å². The van der Waals surface area contributed by atoms with E-state index in [1.165, 1.54) is 14.8 Å². The average molecular weight is 291 g/mol. The molecule has 0 atom stereocenters. The van der Waals surface area contributed by atoms with Crippen LogP contribution < -0.4 is 5.32 Å². The number of carbonyl (C=O) groups is 1. The largest absolute Gasteiger partial charge is 0.355 e. The Balaban J connectivity index is 2.30. The van der Waals surface area contributed by atoms with Crippen LogP contribution in [0.3, 0.4) is 0 Å². The highest BCUT2D eigenvalue weighted by atomic mass is 32.1. The summed E-state index contributed by atoms with van der Waals surface area (Å²) in [5.41, 5.74) is 0.753. The van der Waals surface area contributed by atoms with Crippen molar-refractivity contribution in [2.75, 3.05) is 7.05 Å². The molecule has 0 saturated heterocycles. The van der Waals surface area contributed by atoms with Crippen LogP contribution in [0.5, 0.6) is 0 Å². The summed E-state index contributed by atoms with van der Waals surface area (Å²) in [6, 6.07) is 18.5. The number of carbonyl (C=O) groups excluding carboxylic acids is 1. The Hall–Kier alpha value is -2.39. The molecule has 0 fully saturated rings. The molecule has 2 nitrogen and oxygen atoms in total. The first-order valence-electron chi connectivity index (χ1n) is 6.84. The predicted molar refractivity (Wildman–Crippen MR) is 90.2 cm³/mol. The topological polar surface area (TPSA) is 29.1 Å². The fourth-order valence-electron chi connectivity index (χ4n) is 2.87. The van der Waals surface area contributed by atoms with Crippen molar-refractivity contribution in [3.63, 3.8) is 0 Å². The number of nitrogens with one attached hydrogen (secondary N) is 1. The van der Waals surface area contributed by atoms with Crippen LogP contribution in [0.4, 0.5) is 0 Å². The van der Waals surface area contributed by atoms with Gasteiger partial charge in [-0.3, -0.25) is 4.79 Å². The maximum Gasteiger partial charge on any atom is 0.251 e. The molecule has 0 aliphatic carbocycles. The van der Waals surface area contributed by atoms with Gasteiger partial charge in [0.25, 0.3) is 5.91 Å². The van der Waals surface area contributed by atoms with Gasteiger partial charge in [0.1, 0.15) is 0 Å². The van der Waals surface area contributed by atoms with Gasteiger partial charge in [0.05, 0.1) is 0 Å². The molecule has 0 aliphatic rings. The molecule has 1 amide bonds. The highest BCUT2D eigenvalue weighted by Crippen LogP contribution is 2.40. The number of benzene rings is 3. The van der Waals surface area contributed by atoms with Crippen molar-refractivity contribution in [3.05, 3.63) is 60.2 Å². The first-order chi connectivity index (χ1) is 10.3. The van der Waals surface area contributed by atoms with Gasteiger partial charge in [-0.2, -0.15) is 0 Å². The van der Waals surface area contributed by atoms with Gasteiger partial charge in [0.15, 0.2) is 0 Å². The van der Waals surface area contributed by atoms with Gasteiger partial charge in [0, 0.05) is 32.8 Å². The summed E-state index contributed by atoms with van der Waals surface area (Å²) in [4.78, 5) is 12.3. The summed E-state index contributed by atoms with van der Waals surface area (Å²) >= 11 is 1.75. The molecule has 0 radical (unpaired) electrons. The Kier molecular flexibility index (Phi) is 2.69. The lowest BCUT2D eigenvalue weighted by molar-refractivity contribution is 0.0965. The smallest absolute Gasteiger partial charge is 0.251 e. The van der Waals surface area contributed by atoms with E-state index in [1.54, 1.807) is 18.4 Å². The number of hydrogen-bond donors (Lipinski definition) is 1. The van der Waals surface area contributed by atoms with Crippen molar-refractivity contribution < 1.29 is 4.79 Å². The third-order valence-corrected chi connectivity index (χ3v) is 5.05. The highest BCUT2D eigenvalue weighted by molar-refractivity contribution is 7.26. The van der Waals surface area contributed by atoms with Crippen molar-refractivity contribution in [1.29, 1.82) is 0 Å². The van der Waals surface area contributed by atoms with Gasteiger partial charge >= 0.3 is 0 Å². The summed E-state index contributed by atoms with van der Waals surface area (Å²) in [6.45, 7) is 0. The molecule has 3 heteroatoms. The SMILES string of the molecule is CNC(=O)c1cc2ccccc2c2sc3ccccc3c12. The van der Waals surface area contributed by atoms with E-state index in [9.17, 15) is 4.79 Å². The number of fused-ring (bicyclic) bond motifs is 5. The monoisotopic (exact) mass is 291 g/mol. The maximum atomic E-state index is 12.3. The second-order valence-corrected chi connectivity index (χ2v) is 6.08. The van der Waals surface area contributed by atoms with E-state index >= 15 is 0 Å². The van der Waals surface area contributed by atoms with Gasteiger partial charge < -0.3 is 5.32 Å². The number of hydrogen-bond acceptors (Lipinski definition) is 2. The van der Waals surface area contributed by atoms with Crippen LogP contribution in [0.1, 0.15) is 10.4 Å². The molecule has 3 aromatic carbocycles. The zero-order valence-electron chi connectivity index (χ0n) is 11.5. The summed E-state index contributed by atoms with van der Waals surface area (Å²) in [5.74, 6) is -0.0330. The fourth-order valence-corrected chi connectivity index (χ4v) is 4.14. The lowest BCUT2D eigenvalue weighted by Crippen LogP contribution is -2.17. The minimum Gasteiger partial charge on any atom is -0.355 e. The molecular formula is C18H13NOS. The minimum atomic E-state index is -0.0330. The Labute approximate surface area is 126 Å². The first kappa shape index (κ1) is 12.4. The van der Waals surface area contributed by atoms with E-state index < -0.39 is 0 Å². The first-order valence-corrected chi connectivity index (χ1v) is 7.66. The Morgan fingerprint density at radius 3 is 2.52 bits per heavy atom. The molecule has 1 N–H and O–H groups in total. The lowest BCUT2D eigenvalue weighted by atomic mass is 10.00. The molecule has 21 heavy (non-hydrogen) atoms. The van der Waals surface area contributed by atoms with Crippen molar-refractivity contribution in [3.8, 4) is 0 Å². The van der Waals surface area contributed by atoms with Crippen LogP contribution in [0.25, 0.3) is 30.9 Å². The van der Waals surface area contributed by atoms with Crippen molar-refractivity contribution >= 4 is 48.2 Å². The van der Waals surface area contributed by atoms with Gasteiger partial charge in [-0.25, -0.2) is 0 Å². The fraction of sp³-hybridized carbons (Fsp3) is 0.0556. The molecule has 102 valence electrons. The summed E-state index contributed by atoms with van der Waals surface area (Å²) in [7, 11) is 1.68. The Morgan fingerprint density at radius 1 is 1.00 bits per heavy atom. The summed E-state index contributed by atoms with van der Waals surface area (Å²) in [6.07, 6.45) is 0. The van der Waals surface area contributed by atoms with E-state index in [0.717, 1.165) is 21.7 Å². The van der Waals surface area contributed by atoms with Crippen LogP contribution in [-0.2, 0) is 0 Å². The number of amides is 1. The van der Waals surface area contributed by atoms with Crippen molar-refractivity contribution in [1.82, 2.24) is 5.32 Å². The second-order valence-electron chi connectivity index (χ2n) is 5.03. The molecule has 4 rings (SSSR count). The van der Waals surface area contributed by atoms with Crippen LogP contribution in [-0.4, -0.2) is 13.0 Å². The average Bonchev–Trinajstić information content (AvgIpc) is 2.93. The van der Waals surface area contributed by atoms with E-state index in [2.05, 4.69) is 29.6 Å². The zero-order chi connectivity index (χ0) is 14.4. The summed E-state index contributed by atoms with van der Waals surface area (Å²) in [5, 5.41) is 7.29. The Bertz CT molecular complexity index is 1000. The molecule has 1 aromatic heterocycles. The van der Waals surface area contributed by atoms with Crippen LogP contribution in [0.15, 0.2) is 54.6 Å². The van der Waals surface area contributed by atoms with Gasteiger partial charge in [-0.05, 0) is 22.9 Å². The lowest BCUT2D eigenvalue weighted by Gasteiger charge is -2.06. The van der Waals surface area contributed by atoms with Crippen molar-refractivity contribution in [2.45, 2.75) is 0 Å². The third-order valence-electron chi connectivity index (χ3n) is 3.84. The number of rotatable bonds is 1. The standard InChI is InChI=1S/C18H13NOS/c1-19-18(20)14-10-11-6-2-3-7-12(11)17-16(14)13-8-4-5-9-15(13)21-17/h2-10H,1H3,(H,19,20). The second kappa shape index (κ2) is 4.57. The quantitative estimate of drug-likeness (QED) is 0.547. The zero-order valence-corrected chi connectivity index (χ0v) is 12.3. The van der Waals surface area contributed by atoms with E-state index in [1.807, 2.05) is 30.3 Å². The third kappa shape index (κ3) is 1.74. The predicted octanol–water partition coefficient (Wildman–Crippen LogP) is 4.57. The molecule has 0 saturated carbocycles. The molecule has 0 bridgehead atoms. The Morgan fingerprint density at radius 2 is 1.71 bits per heavy atom. The molecule has 0 unspecified atom stereocenters. The maximum absolute atomic E-state index is 12.3. The molecule has 1 heterocycles. The molecule has 0 spiro atoms. The van der Waals surface area contributed by atoms with Crippen LogP contribution in [0.2, 0.25) is 0 Å². The van der Waals surface area contributed by atoms with Crippen LogP contribution >= 0.6 is 11.3 Å². The summed E-state index contributed by atoms with van der Waals surface area (Å²) < 4.78 is 2.40. The molecule has 4 aromatic rings. The minimum absolute atomic E-state index is 0.0330. The van der Waals surface area contributed by atoms with E-state index in [0.29, 0.717) is 0 Å².